The predicted octanol–water partition coefficient (Wildman–Crippen LogP) is 2.58. The molecule has 0 saturated heterocycles. The standard InChI is InChI=1S/C11H9BrN2O2/c1-6(11(15)16)8-2-3-13-9-4-7(12)5-14-10(8)9/h2-6H,1H3,(H,15,16). The van der Waals surface area contributed by atoms with Crippen molar-refractivity contribution in [2.45, 2.75) is 12.8 Å². The summed E-state index contributed by atoms with van der Waals surface area (Å²) in [6.45, 7) is 1.64. The molecule has 1 N–H and O–H groups in total. The van der Waals surface area contributed by atoms with E-state index in [0.29, 0.717) is 16.6 Å². The minimum absolute atomic E-state index is 0.584. The van der Waals surface area contributed by atoms with Crippen molar-refractivity contribution in [2.75, 3.05) is 0 Å². The van der Waals surface area contributed by atoms with Gasteiger partial charge in [0.1, 0.15) is 0 Å². The van der Waals surface area contributed by atoms with Crippen LogP contribution in [0.5, 0.6) is 0 Å². The molecular weight excluding hydrogens is 272 g/mol. The molecule has 0 bridgehead atoms. The normalized spacial score (nSPS) is 12.6. The van der Waals surface area contributed by atoms with Crippen LogP contribution in [0.3, 0.4) is 0 Å². The number of carbonyl (C=O) groups is 1. The third-order valence-corrected chi connectivity index (χ3v) is 2.85. The van der Waals surface area contributed by atoms with Gasteiger partial charge in [-0.3, -0.25) is 14.8 Å². The fraction of sp³-hybridized carbons (Fsp3) is 0.182. The van der Waals surface area contributed by atoms with E-state index in [9.17, 15) is 4.79 Å². The second kappa shape index (κ2) is 4.17. The number of carboxylic acids is 1. The Labute approximate surface area is 100 Å². The van der Waals surface area contributed by atoms with Crippen LogP contribution in [-0.4, -0.2) is 21.0 Å². The van der Waals surface area contributed by atoms with Crippen LogP contribution in [-0.2, 0) is 4.79 Å². The van der Waals surface area contributed by atoms with E-state index in [4.69, 9.17) is 5.11 Å². The molecule has 1 atom stereocenters. The molecule has 1 unspecified atom stereocenters. The molecule has 16 heavy (non-hydrogen) atoms. The fourth-order valence-corrected chi connectivity index (χ4v) is 1.83. The lowest BCUT2D eigenvalue weighted by molar-refractivity contribution is -0.138. The second-order valence-electron chi connectivity index (χ2n) is 3.48. The van der Waals surface area contributed by atoms with Crippen molar-refractivity contribution in [3.8, 4) is 0 Å². The summed E-state index contributed by atoms with van der Waals surface area (Å²) in [7, 11) is 0. The van der Waals surface area contributed by atoms with Crippen molar-refractivity contribution in [1.82, 2.24) is 9.97 Å². The topological polar surface area (TPSA) is 63.1 Å². The Kier molecular flexibility index (Phi) is 2.87. The molecule has 5 heteroatoms. The number of fused-ring (bicyclic) bond motifs is 1. The number of hydrogen-bond donors (Lipinski definition) is 1. The molecule has 0 aliphatic heterocycles. The fourth-order valence-electron chi connectivity index (χ4n) is 1.51. The number of aliphatic carboxylic acids is 1. The molecular formula is C11H9BrN2O2. The van der Waals surface area contributed by atoms with Crippen LogP contribution in [0.4, 0.5) is 0 Å². The Balaban J connectivity index is 2.66. The van der Waals surface area contributed by atoms with Crippen molar-refractivity contribution < 1.29 is 9.90 Å². The van der Waals surface area contributed by atoms with Crippen molar-refractivity contribution >= 4 is 32.9 Å². The zero-order valence-corrected chi connectivity index (χ0v) is 10.1. The first-order chi connectivity index (χ1) is 7.59. The highest BCUT2D eigenvalue weighted by atomic mass is 79.9. The second-order valence-corrected chi connectivity index (χ2v) is 4.40. The van der Waals surface area contributed by atoms with Crippen LogP contribution in [0.25, 0.3) is 11.0 Å². The third-order valence-electron chi connectivity index (χ3n) is 2.41. The van der Waals surface area contributed by atoms with E-state index >= 15 is 0 Å². The molecule has 0 saturated carbocycles. The van der Waals surface area contributed by atoms with Gasteiger partial charge in [-0.25, -0.2) is 0 Å². The SMILES string of the molecule is CC(C(=O)O)c1ccnc2cc(Br)cnc12. The van der Waals surface area contributed by atoms with Gasteiger partial charge in [0.2, 0.25) is 0 Å². The van der Waals surface area contributed by atoms with E-state index in [-0.39, 0.29) is 0 Å². The number of carboxylic acid groups (broad SMARTS) is 1. The van der Waals surface area contributed by atoms with Gasteiger partial charge in [0.05, 0.1) is 17.0 Å². The van der Waals surface area contributed by atoms with E-state index in [1.165, 1.54) is 0 Å². The molecule has 4 nitrogen and oxygen atoms in total. The van der Waals surface area contributed by atoms with E-state index in [1.54, 1.807) is 25.4 Å². The molecule has 0 aromatic carbocycles. The summed E-state index contributed by atoms with van der Waals surface area (Å²) < 4.78 is 0.827. The Morgan fingerprint density at radius 1 is 1.50 bits per heavy atom. The highest BCUT2D eigenvalue weighted by Gasteiger charge is 2.17. The maximum absolute atomic E-state index is 11.0. The average Bonchev–Trinajstić information content (AvgIpc) is 2.26. The van der Waals surface area contributed by atoms with Crippen LogP contribution in [0, 0.1) is 0 Å². The molecule has 0 aliphatic carbocycles. The van der Waals surface area contributed by atoms with Gasteiger partial charge >= 0.3 is 5.97 Å². The summed E-state index contributed by atoms with van der Waals surface area (Å²) >= 11 is 3.30. The molecule has 0 aliphatic rings. The molecule has 2 aromatic heterocycles. The predicted molar refractivity (Wildman–Crippen MR) is 63.3 cm³/mol. The molecule has 82 valence electrons. The van der Waals surface area contributed by atoms with Crippen molar-refractivity contribution in [1.29, 1.82) is 0 Å². The summed E-state index contributed by atoms with van der Waals surface area (Å²) in [6.07, 6.45) is 3.24. The minimum atomic E-state index is -0.864. The summed E-state index contributed by atoms with van der Waals surface area (Å²) in [5.74, 6) is -1.45. The highest BCUT2D eigenvalue weighted by molar-refractivity contribution is 9.10. The molecule has 0 spiro atoms. The minimum Gasteiger partial charge on any atom is -0.481 e. The summed E-state index contributed by atoms with van der Waals surface area (Å²) in [5, 5.41) is 8.99. The van der Waals surface area contributed by atoms with Gasteiger partial charge in [0.25, 0.3) is 0 Å². The van der Waals surface area contributed by atoms with Gasteiger partial charge in [-0.2, -0.15) is 0 Å². The lowest BCUT2D eigenvalue weighted by Gasteiger charge is -2.08. The Hall–Kier alpha value is -1.49. The van der Waals surface area contributed by atoms with Gasteiger partial charge in [-0.15, -0.1) is 0 Å². The van der Waals surface area contributed by atoms with Gasteiger partial charge in [-0.05, 0) is 40.5 Å². The quantitative estimate of drug-likeness (QED) is 0.919. The molecule has 0 fully saturated rings. The molecule has 2 rings (SSSR count). The van der Waals surface area contributed by atoms with Gasteiger partial charge < -0.3 is 5.11 Å². The van der Waals surface area contributed by atoms with Crippen molar-refractivity contribution in [3.05, 3.63) is 34.6 Å². The number of pyridine rings is 2. The largest absolute Gasteiger partial charge is 0.481 e. The average molecular weight is 281 g/mol. The van der Waals surface area contributed by atoms with Gasteiger partial charge in [0.15, 0.2) is 0 Å². The zero-order chi connectivity index (χ0) is 11.7. The Bertz CT molecular complexity index is 557. The first kappa shape index (κ1) is 11.0. The van der Waals surface area contributed by atoms with E-state index in [0.717, 1.165) is 4.47 Å². The van der Waals surface area contributed by atoms with Crippen LogP contribution >= 0.6 is 15.9 Å². The summed E-state index contributed by atoms with van der Waals surface area (Å²) in [6, 6.07) is 3.52. The number of halogens is 1. The maximum atomic E-state index is 11.0. The van der Waals surface area contributed by atoms with Crippen LogP contribution < -0.4 is 0 Å². The summed E-state index contributed by atoms with van der Waals surface area (Å²) in [5.41, 5.74) is 2.02. The van der Waals surface area contributed by atoms with Crippen molar-refractivity contribution in [3.63, 3.8) is 0 Å². The Morgan fingerprint density at radius 3 is 2.94 bits per heavy atom. The highest BCUT2D eigenvalue weighted by Crippen LogP contribution is 2.24. The molecule has 0 radical (unpaired) electrons. The molecule has 0 amide bonds. The van der Waals surface area contributed by atoms with E-state index < -0.39 is 11.9 Å². The number of hydrogen-bond acceptors (Lipinski definition) is 3. The van der Waals surface area contributed by atoms with Gasteiger partial charge in [-0.1, -0.05) is 0 Å². The number of nitrogens with zero attached hydrogens (tertiary/aromatic N) is 2. The van der Waals surface area contributed by atoms with Crippen molar-refractivity contribution in [2.24, 2.45) is 0 Å². The lowest BCUT2D eigenvalue weighted by Crippen LogP contribution is -2.08. The molecule has 2 heterocycles. The Morgan fingerprint density at radius 2 is 2.25 bits per heavy atom. The number of rotatable bonds is 2. The van der Waals surface area contributed by atoms with Crippen LogP contribution in [0.2, 0.25) is 0 Å². The maximum Gasteiger partial charge on any atom is 0.310 e. The molecule has 2 aromatic rings. The monoisotopic (exact) mass is 280 g/mol. The van der Waals surface area contributed by atoms with Gasteiger partial charge in [0, 0.05) is 16.9 Å². The van der Waals surface area contributed by atoms with E-state index in [1.807, 2.05) is 6.07 Å². The smallest absolute Gasteiger partial charge is 0.310 e. The zero-order valence-electron chi connectivity index (χ0n) is 8.51. The first-order valence-corrected chi connectivity index (χ1v) is 5.52. The first-order valence-electron chi connectivity index (χ1n) is 4.72. The summed E-state index contributed by atoms with van der Waals surface area (Å²) in [4.78, 5) is 19.3. The van der Waals surface area contributed by atoms with Crippen LogP contribution in [0.15, 0.2) is 29.0 Å². The van der Waals surface area contributed by atoms with E-state index in [2.05, 4.69) is 25.9 Å². The lowest BCUT2D eigenvalue weighted by atomic mass is 10.0. The van der Waals surface area contributed by atoms with Crippen LogP contribution in [0.1, 0.15) is 18.4 Å². The number of aromatic nitrogens is 2. The third kappa shape index (κ3) is 1.90.